The Morgan fingerprint density at radius 1 is 1.44 bits per heavy atom. The van der Waals surface area contributed by atoms with Crippen molar-refractivity contribution in [3.8, 4) is 6.07 Å². The number of nitrogens with zero attached hydrogens (tertiary/aromatic N) is 3. The zero-order valence-electron chi connectivity index (χ0n) is 14.8. The van der Waals surface area contributed by atoms with Crippen molar-refractivity contribution >= 4 is 6.09 Å². The number of hydrogen-bond donors (Lipinski definition) is 1. The van der Waals surface area contributed by atoms with Crippen LogP contribution in [0.5, 0.6) is 0 Å². The Hall–Kier alpha value is -2.13. The third kappa shape index (κ3) is 3.93. The van der Waals surface area contributed by atoms with Crippen LogP contribution in [-0.4, -0.2) is 47.8 Å². The van der Waals surface area contributed by atoms with E-state index in [9.17, 15) is 10.1 Å². The number of pyridine rings is 1. The number of carbonyl (C=O) groups excluding carboxylic acids is 1. The summed E-state index contributed by atoms with van der Waals surface area (Å²) in [5.74, 6) is 0. The highest BCUT2D eigenvalue weighted by Gasteiger charge is 2.41. The molecule has 2 heterocycles. The summed E-state index contributed by atoms with van der Waals surface area (Å²) in [5.41, 5.74) is 0.458. The lowest BCUT2D eigenvalue weighted by Gasteiger charge is -2.38. The van der Waals surface area contributed by atoms with E-state index in [0.29, 0.717) is 12.6 Å². The molecule has 1 atom stereocenters. The number of rotatable bonds is 4. The first kappa shape index (κ1) is 17.7. The van der Waals surface area contributed by atoms with Crippen molar-refractivity contribution in [2.24, 2.45) is 0 Å². The van der Waals surface area contributed by atoms with E-state index >= 15 is 0 Å². The van der Waals surface area contributed by atoms with Crippen molar-refractivity contribution in [2.45, 2.75) is 56.5 Å². The second-order valence-electron chi connectivity index (χ2n) is 6.99. The number of nitriles is 1. The van der Waals surface area contributed by atoms with Crippen molar-refractivity contribution in [1.82, 2.24) is 15.2 Å². The minimum atomic E-state index is -0.444. The van der Waals surface area contributed by atoms with Gasteiger partial charge in [-0.1, -0.05) is 6.07 Å². The van der Waals surface area contributed by atoms with E-state index in [-0.39, 0.29) is 12.1 Å². The normalized spacial score (nSPS) is 29.8. The Morgan fingerprint density at radius 3 is 2.88 bits per heavy atom. The van der Waals surface area contributed by atoms with Crippen molar-refractivity contribution in [3.63, 3.8) is 0 Å². The van der Waals surface area contributed by atoms with Gasteiger partial charge in [0.15, 0.2) is 0 Å². The van der Waals surface area contributed by atoms with Gasteiger partial charge >= 0.3 is 6.09 Å². The van der Waals surface area contributed by atoms with E-state index in [2.05, 4.69) is 21.3 Å². The second kappa shape index (κ2) is 7.83. The van der Waals surface area contributed by atoms with Crippen molar-refractivity contribution in [1.29, 1.82) is 5.26 Å². The van der Waals surface area contributed by atoms with Gasteiger partial charge in [0.25, 0.3) is 0 Å². The Balaban J connectivity index is 1.54. The molecule has 1 aromatic heterocycles. The molecular formula is C19H26N4O2. The molecular weight excluding hydrogens is 316 g/mol. The molecule has 1 saturated carbocycles. The summed E-state index contributed by atoms with van der Waals surface area (Å²) in [4.78, 5) is 18.5. The van der Waals surface area contributed by atoms with E-state index in [1.807, 2.05) is 25.1 Å². The molecule has 1 aliphatic heterocycles. The number of ether oxygens (including phenoxy) is 1. The summed E-state index contributed by atoms with van der Waals surface area (Å²) in [6.07, 6.45) is 6.09. The molecule has 6 nitrogen and oxygen atoms in total. The van der Waals surface area contributed by atoms with Gasteiger partial charge in [-0.15, -0.1) is 0 Å². The molecule has 6 heteroatoms. The minimum Gasteiger partial charge on any atom is -0.450 e. The molecule has 0 bridgehead atoms. The third-order valence-corrected chi connectivity index (χ3v) is 5.51. The van der Waals surface area contributed by atoms with Crippen LogP contribution in [0.15, 0.2) is 24.4 Å². The van der Waals surface area contributed by atoms with Crippen molar-refractivity contribution < 1.29 is 9.53 Å². The monoisotopic (exact) mass is 342 g/mol. The summed E-state index contributed by atoms with van der Waals surface area (Å²) < 4.78 is 4.96. The van der Waals surface area contributed by atoms with Gasteiger partial charge in [0, 0.05) is 31.4 Å². The highest BCUT2D eigenvalue weighted by Crippen LogP contribution is 2.40. The maximum Gasteiger partial charge on any atom is 0.407 e. The topological polar surface area (TPSA) is 78.2 Å². The number of amides is 1. The van der Waals surface area contributed by atoms with Crippen LogP contribution in [0.2, 0.25) is 0 Å². The van der Waals surface area contributed by atoms with E-state index in [1.165, 1.54) is 0 Å². The number of likely N-dealkylation sites (tertiary alicyclic amines) is 1. The average Bonchev–Trinajstić information content (AvgIpc) is 3.11. The third-order valence-electron chi connectivity index (χ3n) is 5.51. The lowest BCUT2D eigenvalue weighted by molar-refractivity contribution is 0.143. The summed E-state index contributed by atoms with van der Waals surface area (Å²) in [7, 11) is 0. The summed E-state index contributed by atoms with van der Waals surface area (Å²) in [6, 6.07) is 9.01. The van der Waals surface area contributed by atoms with E-state index in [0.717, 1.165) is 50.9 Å². The van der Waals surface area contributed by atoms with Crippen LogP contribution < -0.4 is 5.32 Å². The largest absolute Gasteiger partial charge is 0.450 e. The first-order valence-electron chi connectivity index (χ1n) is 9.17. The summed E-state index contributed by atoms with van der Waals surface area (Å²) >= 11 is 0. The molecule has 25 heavy (non-hydrogen) atoms. The second-order valence-corrected chi connectivity index (χ2v) is 6.99. The number of alkyl carbamates (subject to hydrolysis) is 1. The SMILES string of the molecule is CCOC(=O)N[C@H]1CCN(C2CCC(C#N)(c3ccccn3)CC2)C1. The average molecular weight is 342 g/mol. The Bertz CT molecular complexity index is 620. The van der Waals surface area contributed by atoms with Crippen LogP contribution >= 0.6 is 0 Å². The van der Waals surface area contributed by atoms with E-state index < -0.39 is 5.41 Å². The van der Waals surface area contributed by atoms with Gasteiger partial charge in [0.2, 0.25) is 0 Å². The van der Waals surface area contributed by atoms with Gasteiger partial charge in [-0.3, -0.25) is 9.88 Å². The first-order chi connectivity index (χ1) is 12.2. The maximum atomic E-state index is 11.6. The molecule has 0 spiro atoms. The van der Waals surface area contributed by atoms with Gasteiger partial charge < -0.3 is 10.1 Å². The van der Waals surface area contributed by atoms with Crippen molar-refractivity contribution in [3.05, 3.63) is 30.1 Å². The molecule has 2 fully saturated rings. The maximum absolute atomic E-state index is 11.6. The minimum absolute atomic E-state index is 0.164. The van der Waals surface area contributed by atoms with Crippen LogP contribution in [-0.2, 0) is 10.2 Å². The standard InChI is InChI=1S/C19H26N4O2/c1-2-25-18(24)22-15-8-12-23(13-15)16-6-9-19(14-20,10-7-16)17-5-3-4-11-21-17/h3-5,11,15-16H,2,6-10,12-13H2,1H3,(H,22,24)/t15-,16?,19?/m0/s1. The van der Waals surface area contributed by atoms with Gasteiger partial charge in [-0.25, -0.2) is 4.79 Å². The zero-order chi connectivity index (χ0) is 17.7. The predicted octanol–water partition coefficient (Wildman–Crippen LogP) is 2.61. The quantitative estimate of drug-likeness (QED) is 0.910. The molecule has 0 radical (unpaired) electrons. The molecule has 0 unspecified atom stereocenters. The molecule has 134 valence electrons. The van der Waals surface area contributed by atoms with Crippen LogP contribution in [0.3, 0.4) is 0 Å². The molecule has 2 aliphatic rings. The first-order valence-corrected chi connectivity index (χ1v) is 9.17. The Kier molecular flexibility index (Phi) is 5.54. The lowest BCUT2D eigenvalue weighted by Crippen LogP contribution is -2.43. The Morgan fingerprint density at radius 2 is 2.24 bits per heavy atom. The van der Waals surface area contributed by atoms with Crippen molar-refractivity contribution in [2.75, 3.05) is 19.7 Å². The number of aromatic nitrogens is 1. The Labute approximate surface area is 149 Å². The molecule has 3 rings (SSSR count). The highest BCUT2D eigenvalue weighted by molar-refractivity contribution is 5.67. The summed E-state index contributed by atoms with van der Waals surface area (Å²) in [6.45, 7) is 4.07. The zero-order valence-corrected chi connectivity index (χ0v) is 14.8. The molecule has 1 saturated heterocycles. The highest BCUT2D eigenvalue weighted by atomic mass is 16.5. The van der Waals surface area contributed by atoms with E-state index in [4.69, 9.17) is 4.74 Å². The van der Waals surface area contributed by atoms with Crippen LogP contribution in [0.25, 0.3) is 0 Å². The fourth-order valence-corrected chi connectivity index (χ4v) is 4.11. The fraction of sp³-hybridized carbons (Fsp3) is 0.632. The van der Waals surface area contributed by atoms with E-state index in [1.54, 1.807) is 6.20 Å². The molecule has 1 aliphatic carbocycles. The van der Waals surface area contributed by atoms with Gasteiger partial charge in [0.1, 0.15) is 0 Å². The van der Waals surface area contributed by atoms with Gasteiger partial charge in [-0.05, 0) is 51.2 Å². The molecule has 1 amide bonds. The van der Waals surface area contributed by atoms with Crippen LogP contribution in [0.1, 0.15) is 44.7 Å². The number of hydrogen-bond acceptors (Lipinski definition) is 5. The molecule has 1 N–H and O–H groups in total. The number of carbonyl (C=O) groups is 1. The van der Waals surface area contributed by atoms with Crippen LogP contribution in [0, 0.1) is 11.3 Å². The predicted molar refractivity (Wildman–Crippen MR) is 93.9 cm³/mol. The van der Waals surface area contributed by atoms with Gasteiger partial charge in [0.05, 0.1) is 23.8 Å². The fourth-order valence-electron chi connectivity index (χ4n) is 4.11. The van der Waals surface area contributed by atoms with Gasteiger partial charge in [-0.2, -0.15) is 5.26 Å². The lowest BCUT2D eigenvalue weighted by atomic mass is 9.71. The smallest absolute Gasteiger partial charge is 0.407 e. The number of nitrogens with one attached hydrogen (secondary N) is 1. The van der Waals surface area contributed by atoms with Crippen LogP contribution in [0.4, 0.5) is 4.79 Å². The summed E-state index contributed by atoms with van der Waals surface area (Å²) in [5, 5.41) is 12.7. The molecule has 0 aromatic carbocycles. The molecule has 1 aromatic rings.